The Hall–Kier alpha value is -3.15. The van der Waals surface area contributed by atoms with Gasteiger partial charge in [0.05, 0.1) is 12.5 Å². The summed E-state index contributed by atoms with van der Waals surface area (Å²) in [5.74, 6) is 0.959. The van der Waals surface area contributed by atoms with Crippen LogP contribution in [-0.4, -0.2) is 31.9 Å². The van der Waals surface area contributed by atoms with Crippen LogP contribution >= 0.6 is 0 Å². The zero-order chi connectivity index (χ0) is 19.7. The minimum absolute atomic E-state index is 0.0412. The third-order valence-corrected chi connectivity index (χ3v) is 5.34. The molecule has 4 rings (SSSR count). The summed E-state index contributed by atoms with van der Waals surface area (Å²) >= 11 is 0. The first-order chi connectivity index (χ1) is 13.4. The number of H-pyrrole nitrogens is 1. The molecule has 0 radical (unpaired) electrons. The molecule has 0 bridgehead atoms. The fourth-order valence-corrected chi connectivity index (χ4v) is 3.96. The van der Waals surface area contributed by atoms with E-state index in [1.54, 1.807) is 18.5 Å². The van der Waals surface area contributed by atoms with Gasteiger partial charge < -0.3 is 14.5 Å². The normalized spacial score (nSPS) is 17.9. The lowest BCUT2D eigenvalue weighted by Gasteiger charge is -2.53. The molecule has 28 heavy (non-hydrogen) atoms. The monoisotopic (exact) mass is 376 g/mol. The number of hydrogen-bond acceptors (Lipinski definition) is 3. The van der Waals surface area contributed by atoms with Crippen LogP contribution in [-0.2, 0) is 17.8 Å². The van der Waals surface area contributed by atoms with E-state index >= 15 is 0 Å². The zero-order valence-corrected chi connectivity index (χ0v) is 16.1. The second-order valence-electron chi connectivity index (χ2n) is 8.05. The van der Waals surface area contributed by atoms with E-state index in [-0.39, 0.29) is 29.3 Å². The maximum atomic E-state index is 12.9. The number of pyridine rings is 1. The maximum absolute atomic E-state index is 12.9. The summed E-state index contributed by atoms with van der Waals surface area (Å²) in [5.41, 5.74) is 1.80. The Kier molecular flexibility index (Phi) is 4.63. The molecular formula is C22H24N4O2. The van der Waals surface area contributed by atoms with Gasteiger partial charge in [0, 0.05) is 43.2 Å². The van der Waals surface area contributed by atoms with Crippen molar-refractivity contribution in [2.24, 2.45) is 5.41 Å². The van der Waals surface area contributed by atoms with Crippen molar-refractivity contribution in [1.29, 1.82) is 0 Å². The molecule has 1 saturated heterocycles. The minimum Gasteiger partial charge on any atom is -0.331 e. The lowest BCUT2D eigenvalue weighted by molar-refractivity contribution is -0.152. The number of aromatic nitrogens is 3. The molecule has 0 spiro atoms. The highest BCUT2D eigenvalue weighted by Crippen LogP contribution is 2.48. The van der Waals surface area contributed by atoms with Crippen molar-refractivity contribution >= 4 is 5.91 Å². The molecule has 1 aromatic carbocycles. The quantitative estimate of drug-likeness (QED) is 0.744. The number of hydrogen-bond donors (Lipinski definition) is 1. The fourth-order valence-electron chi connectivity index (χ4n) is 3.96. The molecule has 2 aromatic heterocycles. The SMILES string of the molecule is CC1(C)CN(C(=O)Cc2ccc(=O)[nH]c2)C1c1nccn1Cc1ccccc1. The lowest BCUT2D eigenvalue weighted by atomic mass is 9.74. The average Bonchev–Trinajstić information content (AvgIpc) is 3.09. The number of amides is 1. The van der Waals surface area contributed by atoms with Crippen LogP contribution in [0.5, 0.6) is 0 Å². The van der Waals surface area contributed by atoms with Crippen LogP contribution < -0.4 is 5.56 Å². The van der Waals surface area contributed by atoms with E-state index in [9.17, 15) is 9.59 Å². The molecule has 0 saturated carbocycles. The molecule has 1 atom stereocenters. The molecule has 0 aliphatic carbocycles. The Labute approximate surface area is 163 Å². The third-order valence-electron chi connectivity index (χ3n) is 5.34. The highest BCUT2D eigenvalue weighted by molar-refractivity contribution is 5.80. The third kappa shape index (κ3) is 3.50. The predicted molar refractivity (Wildman–Crippen MR) is 107 cm³/mol. The van der Waals surface area contributed by atoms with Crippen molar-refractivity contribution in [3.63, 3.8) is 0 Å². The summed E-state index contributed by atoms with van der Waals surface area (Å²) in [6, 6.07) is 13.3. The second-order valence-corrected chi connectivity index (χ2v) is 8.05. The zero-order valence-electron chi connectivity index (χ0n) is 16.1. The number of aromatic amines is 1. The topological polar surface area (TPSA) is 71.0 Å². The Bertz CT molecular complexity index is 1020. The van der Waals surface area contributed by atoms with Gasteiger partial charge in [-0.2, -0.15) is 0 Å². The van der Waals surface area contributed by atoms with Crippen molar-refractivity contribution in [2.45, 2.75) is 32.9 Å². The standard InChI is InChI=1S/C22H24N4O2/c1-22(2)15-26(19(28)12-17-8-9-18(27)24-13-17)20(22)21-23-10-11-25(21)14-16-6-4-3-5-7-16/h3-11,13,20H,12,14-15H2,1-2H3,(H,24,27). The van der Waals surface area contributed by atoms with Crippen LogP contribution in [0.15, 0.2) is 65.8 Å². The molecule has 1 unspecified atom stereocenters. The molecule has 1 aliphatic heterocycles. The van der Waals surface area contributed by atoms with E-state index in [2.05, 4.69) is 40.5 Å². The smallest absolute Gasteiger partial charge is 0.247 e. The Morgan fingerprint density at radius 1 is 1.18 bits per heavy atom. The molecule has 1 aliphatic rings. The van der Waals surface area contributed by atoms with E-state index < -0.39 is 0 Å². The second kappa shape index (κ2) is 7.11. The summed E-state index contributed by atoms with van der Waals surface area (Å²) < 4.78 is 2.13. The Morgan fingerprint density at radius 2 is 1.96 bits per heavy atom. The summed E-state index contributed by atoms with van der Waals surface area (Å²) in [5, 5.41) is 0. The van der Waals surface area contributed by atoms with Crippen LogP contribution in [0.4, 0.5) is 0 Å². The van der Waals surface area contributed by atoms with Crippen LogP contribution in [0.25, 0.3) is 0 Å². The van der Waals surface area contributed by atoms with Crippen molar-refractivity contribution < 1.29 is 4.79 Å². The van der Waals surface area contributed by atoms with Gasteiger partial charge in [-0.1, -0.05) is 50.2 Å². The number of rotatable bonds is 5. The first kappa shape index (κ1) is 18.2. The lowest BCUT2D eigenvalue weighted by Crippen LogP contribution is -2.59. The average molecular weight is 376 g/mol. The number of nitrogens with one attached hydrogen (secondary N) is 1. The number of carbonyl (C=O) groups is 1. The first-order valence-electron chi connectivity index (χ1n) is 9.46. The van der Waals surface area contributed by atoms with Gasteiger partial charge in [0.1, 0.15) is 5.82 Å². The highest BCUT2D eigenvalue weighted by atomic mass is 16.2. The molecule has 6 nitrogen and oxygen atoms in total. The fraction of sp³-hybridized carbons (Fsp3) is 0.318. The number of benzene rings is 1. The van der Waals surface area contributed by atoms with Gasteiger partial charge in [0.15, 0.2) is 0 Å². The molecule has 1 amide bonds. The Morgan fingerprint density at radius 3 is 2.64 bits per heavy atom. The number of carbonyl (C=O) groups excluding carboxylic acids is 1. The molecule has 3 heterocycles. The Balaban J connectivity index is 1.55. The molecule has 1 fully saturated rings. The van der Waals surface area contributed by atoms with E-state index in [0.717, 1.165) is 17.9 Å². The van der Waals surface area contributed by atoms with Crippen molar-refractivity contribution in [2.75, 3.05) is 6.54 Å². The summed E-state index contributed by atoms with van der Waals surface area (Å²) in [7, 11) is 0. The number of likely N-dealkylation sites (tertiary alicyclic amines) is 1. The molecular weight excluding hydrogens is 352 g/mol. The summed E-state index contributed by atoms with van der Waals surface area (Å²) in [6.45, 7) is 5.76. The van der Waals surface area contributed by atoms with Crippen LogP contribution in [0, 0.1) is 5.41 Å². The molecule has 1 N–H and O–H groups in total. The van der Waals surface area contributed by atoms with E-state index in [1.807, 2.05) is 29.3 Å². The van der Waals surface area contributed by atoms with Gasteiger partial charge >= 0.3 is 0 Å². The number of imidazole rings is 1. The highest BCUT2D eigenvalue weighted by Gasteiger charge is 2.50. The van der Waals surface area contributed by atoms with Crippen LogP contribution in [0.3, 0.4) is 0 Å². The first-order valence-corrected chi connectivity index (χ1v) is 9.46. The predicted octanol–water partition coefficient (Wildman–Crippen LogP) is 2.77. The van der Waals surface area contributed by atoms with E-state index in [0.29, 0.717) is 6.54 Å². The van der Waals surface area contributed by atoms with Gasteiger partial charge in [-0.15, -0.1) is 0 Å². The van der Waals surface area contributed by atoms with Crippen LogP contribution in [0.2, 0.25) is 0 Å². The summed E-state index contributed by atoms with van der Waals surface area (Å²) in [6.07, 6.45) is 5.65. The van der Waals surface area contributed by atoms with E-state index in [4.69, 9.17) is 0 Å². The minimum atomic E-state index is -0.165. The summed E-state index contributed by atoms with van der Waals surface area (Å²) in [4.78, 5) is 33.3. The van der Waals surface area contributed by atoms with Gasteiger partial charge in [0.2, 0.25) is 11.5 Å². The van der Waals surface area contributed by atoms with Gasteiger partial charge in [-0.3, -0.25) is 9.59 Å². The number of nitrogens with zero attached hydrogens (tertiary/aromatic N) is 3. The van der Waals surface area contributed by atoms with Crippen molar-refractivity contribution in [3.05, 3.63) is 88.4 Å². The van der Waals surface area contributed by atoms with Gasteiger partial charge in [0.25, 0.3) is 0 Å². The van der Waals surface area contributed by atoms with Crippen molar-refractivity contribution in [3.8, 4) is 0 Å². The van der Waals surface area contributed by atoms with Gasteiger partial charge in [-0.05, 0) is 11.1 Å². The van der Waals surface area contributed by atoms with Crippen LogP contribution in [0.1, 0.15) is 36.8 Å². The maximum Gasteiger partial charge on any atom is 0.247 e. The molecule has 3 aromatic rings. The molecule has 6 heteroatoms. The van der Waals surface area contributed by atoms with E-state index in [1.165, 1.54) is 11.6 Å². The molecule has 144 valence electrons. The van der Waals surface area contributed by atoms with Crippen molar-refractivity contribution in [1.82, 2.24) is 19.4 Å². The largest absolute Gasteiger partial charge is 0.331 e. The van der Waals surface area contributed by atoms with Gasteiger partial charge in [-0.25, -0.2) is 4.98 Å².